The van der Waals surface area contributed by atoms with E-state index in [9.17, 15) is 0 Å². The first-order valence-corrected chi connectivity index (χ1v) is 5.07. The summed E-state index contributed by atoms with van der Waals surface area (Å²) in [6.07, 6.45) is 5.85. The van der Waals surface area contributed by atoms with Gasteiger partial charge < -0.3 is 11.5 Å². The molecule has 0 amide bonds. The lowest BCUT2D eigenvalue weighted by Gasteiger charge is -2.35. The van der Waals surface area contributed by atoms with Crippen molar-refractivity contribution < 1.29 is 0 Å². The van der Waals surface area contributed by atoms with E-state index in [0.717, 1.165) is 24.7 Å². The Hall–Kier alpha value is -0.0800. The zero-order chi connectivity index (χ0) is 9.19. The molecule has 0 radical (unpaired) electrons. The van der Waals surface area contributed by atoms with Gasteiger partial charge in [-0.3, -0.25) is 0 Å². The van der Waals surface area contributed by atoms with Crippen LogP contribution in [0.4, 0.5) is 0 Å². The summed E-state index contributed by atoms with van der Waals surface area (Å²) in [7, 11) is 0. The topological polar surface area (TPSA) is 52.0 Å². The molecule has 0 aromatic rings. The third-order valence-electron chi connectivity index (χ3n) is 2.73. The molecule has 0 aromatic carbocycles. The van der Waals surface area contributed by atoms with Crippen molar-refractivity contribution in [2.75, 3.05) is 0 Å². The maximum absolute atomic E-state index is 5.92. The van der Waals surface area contributed by atoms with Gasteiger partial charge in [0.05, 0.1) is 5.66 Å². The molecule has 72 valence electrons. The van der Waals surface area contributed by atoms with E-state index in [4.69, 9.17) is 11.5 Å². The van der Waals surface area contributed by atoms with Crippen LogP contribution in [0.3, 0.4) is 0 Å². The Morgan fingerprint density at radius 1 is 1.42 bits per heavy atom. The fourth-order valence-corrected chi connectivity index (χ4v) is 2.33. The van der Waals surface area contributed by atoms with Gasteiger partial charge in [0.15, 0.2) is 0 Å². The van der Waals surface area contributed by atoms with E-state index in [1.54, 1.807) is 0 Å². The van der Waals surface area contributed by atoms with E-state index in [2.05, 4.69) is 13.8 Å². The molecule has 0 aliphatic heterocycles. The van der Waals surface area contributed by atoms with E-state index in [0.29, 0.717) is 0 Å². The first kappa shape index (κ1) is 10.0. The molecule has 2 nitrogen and oxygen atoms in total. The average molecular weight is 170 g/mol. The van der Waals surface area contributed by atoms with Crippen LogP contribution < -0.4 is 11.5 Å². The summed E-state index contributed by atoms with van der Waals surface area (Å²) in [6, 6.07) is 0. The van der Waals surface area contributed by atoms with Gasteiger partial charge in [-0.05, 0) is 31.1 Å². The van der Waals surface area contributed by atoms with Gasteiger partial charge in [-0.25, -0.2) is 0 Å². The van der Waals surface area contributed by atoms with Crippen LogP contribution in [0, 0.1) is 11.8 Å². The molecule has 1 aliphatic rings. The molecular formula is C10H22N2. The van der Waals surface area contributed by atoms with Crippen LogP contribution in [0.2, 0.25) is 0 Å². The summed E-state index contributed by atoms with van der Waals surface area (Å²) in [5.41, 5.74) is 11.5. The molecule has 4 N–H and O–H groups in total. The predicted octanol–water partition coefficient (Wildman–Crippen LogP) is 1.84. The van der Waals surface area contributed by atoms with Crippen LogP contribution in [0.25, 0.3) is 0 Å². The predicted molar refractivity (Wildman–Crippen MR) is 52.5 cm³/mol. The molecule has 1 unspecified atom stereocenters. The second kappa shape index (κ2) is 3.75. The van der Waals surface area contributed by atoms with Gasteiger partial charge in [0.25, 0.3) is 0 Å². The largest absolute Gasteiger partial charge is 0.313 e. The molecule has 0 heterocycles. The smallest absolute Gasteiger partial charge is 0.0639 e. The van der Waals surface area contributed by atoms with E-state index in [-0.39, 0.29) is 5.66 Å². The molecule has 0 spiro atoms. The van der Waals surface area contributed by atoms with Crippen LogP contribution in [0.15, 0.2) is 0 Å². The van der Waals surface area contributed by atoms with Crippen molar-refractivity contribution in [1.82, 2.24) is 0 Å². The zero-order valence-electron chi connectivity index (χ0n) is 8.34. The normalized spacial score (nSPS) is 29.2. The molecule has 1 rings (SSSR count). The van der Waals surface area contributed by atoms with Crippen LogP contribution in [0.1, 0.15) is 46.0 Å². The van der Waals surface area contributed by atoms with Crippen LogP contribution in [0.5, 0.6) is 0 Å². The van der Waals surface area contributed by atoms with Gasteiger partial charge >= 0.3 is 0 Å². The van der Waals surface area contributed by atoms with E-state index >= 15 is 0 Å². The Morgan fingerprint density at radius 2 is 2.08 bits per heavy atom. The summed E-state index contributed by atoms with van der Waals surface area (Å²) in [5.74, 6) is 1.55. The standard InChI is InChI=1S/C10H22N2/c1-8(2)6-9-4-3-5-10(11,12)7-9/h8-9H,3-7,11-12H2,1-2H3. The molecule has 1 atom stereocenters. The Balaban J connectivity index is 2.36. The third kappa shape index (κ3) is 3.11. The first-order valence-electron chi connectivity index (χ1n) is 5.07. The lowest BCUT2D eigenvalue weighted by molar-refractivity contribution is 0.206. The van der Waals surface area contributed by atoms with Crippen molar-refractivity contribution in [1.29, 1.82) is 0 Å². The van der Waals surface area contributed by atoms with Crippen LogP contribution >= 0.6 is 0 Å². The lowest BCUT2D eigenvalue weighted by Crippen LogP contribution is -2.52. The van der Waals surface area contributed by atoms with Gasteiger partial charge in [0.2, 0.25) is 0 Å². The molecule has 1 saturated carbocycles. The number of hydrogen-bond acceptors (Lipinski definition) is 2. The number of nitrogens with two attached hydrogens (primary N) is 2. The monoisotopic (exact) mass is 170 g/mol. The zero-order valence-corrected chi connectivity index (χ0v) is 8.34. The number of rotatable bonds is 2. The summed E-state index contributed by atoms with van der Waals surface area (Å²) in [5, 5.41) is 0. The Labute approximate surface area is 75.7 Å². The van der Waals surface area contributed by atoms with Crippen molar-refractivity contribution in [3.8, 4) is 0 Å². The Bertz CT molecular complexity index is 141. The van der Waals surface area contributed by atoms with Gasteiger partial charge in [0.1, 0.15) is 0 Å². The van der Waals surface area contributed by atoms with Gasteiger partial charge in [-0.1, -0.05) is 26.7 Å². The van der Waals surface area contributed by atoms with Crippen molar-refractivity contribution in [2.24, 2.45) is 23.3 Å². The molecule has 0 bridgehead atoms. The van der Waals surface area contributed by atoms with Crippen molar-refractivity contribution in [3.05, 3.63) is 0 Å². The summed E-state index contributed by atoms with van der Waals surface area (Å²) >= 11 is 0. The minimum Gasteiger partial charge on any atom is -0.313 e. The van der Waals surface area contributed by atoms with Crippen LogP contribution in [-0.2, 0) is 0 Å². The van der Waals surface area contributed by atoms with Gasteiger partial charge in [-0.2, -0.15) is 0 Å². The quantitative estimate of drug-likeness (QED) is 0.621. The Kier molecular flexibility index (Phi) is 3.13. The van der Waals surface area contributed by atoms with Gasteiger partial charge in [0, 0.05) is 0 Å². The van der Waals surface area contributed by atoms with E-state index in [1.165, 1.54) is 19.3 Å². The molecule has 2 heteroatoms. The Morgan fingerprint density at radius 3 is 2.58 bits per heavy atom. The summed E-state index contributed by atoms with van der Waals surface area (Å²) in [4.78, 5) is 0. The van der Waals surface area contributed by atoms with Crippen LogP contribution in [-0.4, -0.2) is 5.66 Å². The van der Waals surface area contributed by atoms with Gasteiger partial charge in [-0.15, -0.1) is 0 Å². The van der Waals surface area contributed by atoms with E-state index in [1.807, 2.05) is 0 Å². The van der Waals surface area contributed by atoms with E-state index < -0.39 is 0 Å². The fourth-order valence-electron chi connectivity index (χ4n) is 2.33. The third-order valence-corrected chi connectivity index (χ3v) is 2.73. The average Bonchev–Trinajstić information content (AvgIpc) is 1.82. The molecule has 12 heavy (non-hydrogen) atoms. The molecule has 0 aromatic heterocycles. The molecule has 1 fully saturated rings. The van der Waals surface area contributed by atoms with Crippen molar-refractivity contribution in [2.45, 2.75) is 51.6 Å². The molecule has 0 saturated heterocycles. The molecule has 1 aliphatic carbocycles. The minimum absolute atomic E-state index is 0.363. The second-order valence-corrected chi connectivity index (χ2v) is 4.83. The highest BCUT2D eigenvalue weighted by molar-refractivity contribution is 4.85. The number of hydrogen-bond donors (Lipinski definition) is 2. The van der Waals surface area contributed by atoms with Crippen molar-refractivity contribution >= 4 is 0 Å². The minimum atomic E-state index is -0.363. The summed E-state index contributed by atoms with van der Waals surface area (Å²) < 4.78 is 0. The maximum Gasteiger partial charge on any atom is 0.0639 e. The maximum atomic E-state index is 5.92. The highest BCUT2D eigenvalue weighted by Crippen LogP contribution is 2.31. The fraction of sp³-hybridized carbons (Fsp3) is 1.00. The lowest BCUT2D eigenvalue weighted by atomic mass is 9.78. The van der Waals surface area contributed by atoms with Crippen molar-refractivity contribution in [3.63, 3.8) is 0 Å². The highest BCUT2D eigenvalue weighted by atomic mass is 15.0. The SMILES string of the molecule is CC(C)CC1CCCC(N)(N)C1. The summed E-state index contributed by atoms with van der Waals surface area (Å²) in [6.45, 7) is 4.53. The second-order valence-electron chi connectivity index (χ2n) is 4.83. The highest BCUT2D eigenvalue weighted by Gasteiger charge is 2.28. The molecular weight excluding hydrogens is 148 g/mol. The first-order chi connectivity index (χ1) is 5.49.